The second-order valence-corrected chi connectivity index (χ2v) is 6.03. The van der Waals surface area contributed by atoms with Crippen molar-refractivity contribution in [3.8, 4) is 0 Å². The number of nitrogens with one attached hydrogen (secondary N) is 1. The van der Waals surface area contributed by atoms with Crippen molar-refractivity contribution in [3.63, 3.8) is 0 Å². The Morgan fingerprint density at radius 1 is 1.35 bits per heavy atom. The molecule has 0 spiro atoms. The number of hydrogen-bond donors (Lipinski definition) is 2. The van der Waals surface area contributed by atoms with Gasteiger partial charge in [0.05, 0.1) is 6.04 Å². The predicted molar refractivity (Wildman–Crippen MR) is 78.1 cm³/mol. The van der Waals surface area contributed by atoms with Gasteiger partial charge in [-0.3, -0.25) is 0 Å². The average molecular weight is 299 g/mol. The van der Waals surface area contributed by atoms with Gasteiger partial charge in [-0.2, -0.15) is 0 Å². The lowest BCUT2D eigenvalue weighted by Crippen LogP contribution is -2.45. The van der Waals surface area contributed by atoms with Gasteiger partial charge in [-0.1, -0.05) is 13.8 Å². The Bertz CT molecular complexity index is 487. The number of carboxylic acids is 1. The number of carboxylic acid groups (broad SMARTS) is 1. The van der Waals surface area contributed by atoms with E-state index in [2.05, 4.69) is 24.1 Å². The zero-order valence-corrected chi connectivity index (χ0v) is 13.2. The summed E-state index contributed by atoms with van der Waals surface area (Å²) in [6.07, 6.45) is 0. The molecule has 0 aliphatic rings. The van der Waals surface area contributed by atoms with E-state index in [1.54, 1.807) is 18.9 Å². The van der Waals surface area contributed by atoms with Crippen LogP contribution in [0.25, 0.3) is 0 Å². The summed E-state index contributed by atoms with van der Waals surface area (Å²) in [5.74, 6) is -0.698. The summed E-state index contributed by atoms with van der Waals surface area (Å²) in [4.78, 5) is 28.5. The van der Waals surface area contributed by atoms with Crippen molar-refractivity contribution in [2.75, 3.05) is 7.05 Å². The molecule has 1 aromatic rings. The highest BCUT2D eigenvalue weighted by Gasteiger charge is 2.21. The number of carbonyl (C=O) groups excluding carboxylic acids is 1. The van der Waals surface area contributed by atoms with Crippen molar-refractivity contribution in [1.29, 1.82) is 0 Å². The van der Waals surface area contributed by atoms with Gasteiger partial charge in [-0.05, 0) is 19.8 Å². The van der Waals surface area contributed by atoms with Crippen molar-refractivity contribution in [2.24, 2.45) is 5.92 Å². The Hall–Kier alpha value is -1.63. The summed E-state index contributed by atoms with van der Waals surface area (Å²) in [5.41, 5.74) is 0.00926. The van der Waals surface area contributed by atoms with Crippen LogP contribution in [0.15, 0.2) is 5.38 Å². The van der Waals surface area contributed by atoms with Crippen LogP contribution in [0.3, 0.4) is 0 Å². The first-order chi connectivity index (χ1) is 9.23. The predicted octanol–water partition coefficient (Wildman–Crippen LogP) is 2.59. The van der Waals surface area contributed by atoms with Crippen LogP contribution in [0.5, 0.6) is 0 Å². The molecule has 2 atom stereocenters. The fraction of sp³-hybridized carbons (Fsp3) is 0.615. The molecule has 0 aliphatic heterocycles. The number of nitrogens with zero attached hydrogens (tertiary/aromatic N) is 2. The second-order valence-electron chi connectivity index (χ2n) is 5.14. The minimum atomic E-state index is -1.06. The van der Waals surface area contributed by atoms with E-state index in [1.165, 1.54) is 16.7 Å². The lowest BCUT2D eigenvalue weighted by molar-refractivity contribution is 0.0691. The minimum Gasteiger partial charge on any atom is -0.476 e. The van der Waals surface area contributed by atoms with Gasteiger partial charge >= 0.3 is 12.0 Å². The van der Waals surface area contributed by atoms with E-state index in [4.69, 9.17) is 5.11 Å². The molecule has 1 aromatic heterocycles. The maximum Gasteiger partial charge on any atom is 0.355 e. The molecule has 0 bridgehead atoms. The van der Waals surface area contributed by atoms with E-state index in [-0.39, 0.29) is 23.8 Å². The zero-order chi connectivity index (χ0) is 15.4. The highest BCUT2D eigenvalue weighted by Crippen LogP contribution is 2.18. The Balaban J connectivity index is 2.67. The molecule has 6 nitrogen and oxygen atoms in total. The lowest BCUT2D eigenvalue weighted by Gasteiger charge is -2.29. The first-order valence-electron chi connectivity index (χ1n) is 6.46. The molecule has 0 radical (unpaired) electrons. The van der Waals surface area contributed by atoms with Crippen molar-refractivity contribution in [2.45, 2.75) is 39.8 Å². The highest BCUT2D eigenvalue weighted by atomic mass is 32.1. The number of aromatic nitrogens is 1. The average Bonchev–Trinajstić information content (AvgIpc) is 2.86. The molecule has 2 N–H and O–H groups in total. The molecule has 0 aromatic carbocycles. The van der Waals surface area contributed by atoms with Gasteiger partial charge in [0.25, 0.3) is 0 Å². The highest BCUT2D eigenvalue weighted by molar-refractivity contribution is 7.09. The Labute approximate surface area is 122 Å². The molecule has 112 valence electrons. The number of carbonyl (C=O) groups is 2. The molecule has 0 saturated heterocycles. The van der Waals surface area contributed by atoms with Gasteiger partial charge in [0.15, 0.2) is 5.69 Å². The standard InChI is InChI=1S/C13H21N3O3S/c1-7(2)9(4)16(5)13(19)14-8(3)11-15-10(6-20-11)12(17)18/h6-9H,1-5H3,(H,14,19)(H,17,18). The van der Waals surface area contributed by atoms with Crippen LogP contribution in [0, 0.1) is 5.92 Å². The maximum atomic E-state index is 12.1. The topological polar surface area (TPSA) is 82.5 Å². The Morgan fingerprint density at radius 2 is 1.95 bits per heavy atom. The number of hydrogen-bond acceptors (Lipinski definition) is 4. The fourth-order valence-corrected chi connectivity index (χ4v) is 2.37. The summed E-state index contributed by atoms with van der Waals surface area (Å²) >= 11 is 1.23. The molecule has 1 heterocycles. The molecule has 0 saturated carbocycles. The summed E-state index contributed by atoms with van der Waals surface area (Å²) in [7, 11) is 1.75. The van der Waals surface area contributed by atoms with Crippen molar-refractivity contribution in [1.82, 2.24) is 15.2 Å². The van der Waals surface area contributed by atoms with Gasteiger partial charge in [0, 0.05) is 18.5 Å². The van der Waals surface area contributed by atoms with Crippen molar-refractivity contribution in [3.05, 3.63) is 16.1 Å². The third-order valence-corrected chi connectivity index (χ3v) is 4.37. The van der Waals surface area contributed by atoms with Gasteiger partial charge < -0.3 is 15.3 Å². The van der Waals surface area contributed by atoms with Crippen molar-refractivity contribution >= 4 is 23.3 Å². The SMILES string of the molecule is CC(NC(=O)N(C)C(C)C(C)C)c1nc(C(=O)O)cs1. The molecule has 2 unspecified atom stereocenters. The Kier molecular flexibility index (Phi) is 5.50. The minimum absolute atomic E-state index is 0.00926. The van der Waals surface area contributed by atoms with E-state index in [1.807, 2.05) is 6.92 Å². The number of urea groups is 1. The second kappa shape index (κ2) is 6.69. The van der Waals surface area contributed by atoms with E-state index in [9.17, 15) is 9.59 Å². The largest absolute Gasteiger partial charge is 0.476 e. The van der Waals surface area contributed by atoms with Crippen LogP contribution in [-0.4, -0.2) is 40.1 Å². The molecule has 0 fully saturated rings. The number of aromatic carboxylic acids is 1. The van der Waals surface area contributed by atoms with E-state index in [0.29, 0.717) is 10.9 Å². The molecule has 1 rings (SSSR count). The summed E-state index contributed by atoms with van der Waals surface area (Å²) in [6.45, 7) is 7.88. The summed E-state index contributed by atoms with van der Waals surface area (Å²) in [5, 5.41) is 13.7. The normalized spacial score (nSPS) is 13.9. The zero-order valence-electron chi connectivity index (χ0n) is 12.4. The quantitative estimate of drug-likeness (QED) is 0.875. The van der Waals surface area contributed by atoms with E-state index >= 15 is 0 Å². The molecule has 7 heteroatoms. The van der Waals surface area contributed by atoms with Crippen LogP contribution in [-0.2, 0) is 0 Å². The van der Waals surface area contributed by atoms with Crippen molar-refractivity contribution < 1.29 is 14.7 Å². The van der Waals surface area contributed by atoms with Crippen LogP contribution in [0.2, 0.25) is 0 Å². The number of thiazole rings is 1. The van der Waals surface area contributed by atoms with Crippen LogP contribution in [0.1, 0.15) is 49.2 Å². The lowest BCUT2D eigenvalue weighted by atomic mass is 10.1. The molecule has 20 heavy (non-hydrogen) atoms. The van der Waals surface area contributed by atoms with E-state index < -0.39 is 5.97 Å². The van der Waals surface area contributed by atoms with Gasteiger partial charge in [0.1, 0.15) is 5.01 Å². The molecule has 0 aliphatic carbocycles. The first-order valence-corrected chi connectivity index (χ1v) is 7.34. The smallest absolute Gasteiger partial charge is 0.355 e. The van der Waals surface area contributed by atoms with Gasteiger partial charge in [0.2, 0.25) is 0 Å². The number of amides is 2. The molecule has 2 amide bonds. The third-order valence-electron chi connectivity index (χ3n) is 3.35. The van der Waals surface area contributed by atoms with Crippen LogP contribution in [0.4, 0.5) is 4.79 Å². The van der Waals surface area contributed by atoms with Crippen LogP contribution >= 0.6 is 11.3 Å². The van der Waals surface area contributed by atoms with Crippen LogP contribution < -0.4 is 5.32 Å². The Morgan fingerprint density at radius 3 is 2.40 bits per heavy atom. The van der Waals surface area contributed by atoms with Gasteiger partial charge in [-0.15, -0.1) is 11.3 Å². The first kappa shape index (κ1) is 16.4. The van der Waals surface area contributed by atoms with Gasteiger partial charge in [-0.25, -0.2) is 14.6 Å². The molecular formula is C13H21N3O3S. The fourth-order valence-electron chi connectivity index (χ4n) is 1.57. The third kappa shape index (κ3) is 3.93. The number of rotatable bonds is 5. The molecular weight excluding hydrogens is 278 g/mol. The monoisotopic (exact) mass is 299 g/mol. The van der Waals surface area contributed by atoms with E-state index in [0.717, 1.165) is 0 Å². The summed E-state index contributed by atoms with van der Waals surface area (Å²) in [6, 6.07) is -0.388. The summed E-state index contributed by atoms with van der Waals surface area (Å²) < 4.78 is 0. The maximum absolute atomic E-state index is 12.1.